The van der Waals surface area contributed by atoms with E-state index in [-0.39, 0.29) is 25.6 Å². The number of hydrogen-bond donors (Lipinski definition) is 1. The van der Waals surface area contributed by atoms with Crippen molar-refractivity contribution < 1.29 is 32.0 Å². The highest BCUT2D eigenvalue weighted by Crippen LogP contribution is 2.34. The number of ether oxygens (including phenoxy) is 3. The molecule has 0 spiro atoms. The second-order valence-electron chi connectivity index (χ2n) is 8.36. The third-order valence-electron chi connectivity index (χ3n) is 5.45. The van der Waals surface area contributed by atoms with Gasteiger partial charge in [-0.05, 0) is 19.3 Å². The predicted octanol–water partition coefficient (Wildman–Crippen LogP) is 5.03. The first-order valence-electron chi connectivity index (χ1n) is 11.7. The molecule has 0 saturated carbocycles. The van der Waals surface area contributed by atoms with E-state index in [0.29, 0.717) is 6.61 Å². The van der Waals surface area contributed by atoms with Crippen molar-refractivity contribution >= 4 is 16.1 Å². The third kappa shape index (κ3) is 12.9. The van der Waals surface area contributed by atoms with E-state index in [0.717, 1.165) is 25.7 Å². The van der Waals surface area contributed by atoms with Gasteiger partial charge in [0.2, 0.25) is 0 Å². The number of carbonyl (C=O) groups excluding carboxylic acids is 1. The summed E-state index contributed by atoms with van der Waals surface area (Å²) in [6, 6.07) is 0. The number of hydrogen-bond acceptors (Lipinski definition) is 6. The smallest absolute Gasteiger partial charge is 0.305 e. The van der Waals surface area contributed by atoms with E-state index >= 15 is 0 Å². The molecular weight excluding hydrogens is 408 g/mol. The Bertz CT molecular complexity index is 548. The highest BCUT2D eigenvalue weighted by atomic mass is 32.2. The van der Waals surface area contributed by atoms with Crippen LogP contribution in [0, 0.1) is 0 Å². The fourth-order valence-corrected chi connectivity index (χ4v) is 4.25. The van der Waals surface area contributed by atoms with E-state index in [1.165, 1.54) is 51.4 Å². The van der Waals surface area contributed by atoms with E-state index in [9.17, 15) is 13.2 Å². The van der Waals surface area contributed by atoms with Gasteiger partial charge in [0.05, 0.1) is 12.4 Å². The first-order chi connectivity index (χ1) is 14.3. The quantitative estimate of drug-likeness (QED) is 0.178. The van der Waals surface area contributed by atoms with Gasteiger partial charge < -0.3 is 14.2 Å². The van der Waals surface area contributed by atoms with Crippen LogP contribution < -0.4 is 0 Å². The van der Waals surface area contributed by atoms with Gasteiger partial charge >= 0.3 is 5.97 Å². The van der Waals surface area contributed by atoms with Gasteiger partial charge in [-0.25, -0.2) is 0 Å². The number of unbranched alkanes of at least 4 members (excludes halogenated alkanes) is 8. The predicted molar refractivity (Wildman–Crippen MR) is 117 cm³/mol. The lowest BCUT2D eigenvalue weighted by Gasteiger charge is -2.28. The molecule has 1 N–H and O–H groups in total. The van der Waals surface area contributed by atoms with Gasteiger partial charge in [0.25, 0.3) is 10.1 Å². The Kier molecular flexibility index (Phi) is 13.8. The van der Waals surface area contributed by atoms with Crippen LogP contribution in [0.5, 0.6) is 0 Å². The Hall–Kier alpha value is -0.700. The van der Waals surface area contributed by atoms with Crippen LogP contribution in [-0.4, -0.2) is 49.8 Å². The minimum atomic E-state index is -4.05. The molecule has 0 amide bonds. The van der Waals surface area contributed by atoms with Crippen molar-refractivity contribution in [1.82, 2.24) is 0 Å². The van der Waals surface area contributed by atoms with E-state index in [1.807, 2.05) is 0 Å². The molecule has 1 saturated heterocycles. The Balaban J connectivity index is 2.40. The molecule has 0 aliphatic carbocycles. The molecule has 7 nitrogen and oxygen atoms in total. The molecule has 0 aromatic heterocycles. The number of rotatable bonds is 18. The Morgan fingerprint density at radius 2 is 1.53 bits per heavy atom. The Morgan fingerprint density at radius 1 is 0.967 bits per heavy atom. The molecule has 1 rings (SSSR count). The van der Waals surface area contributed by atoms with Crippen molar-refractivity contribution in [3.05, 3.63) is 0 Å². The van der Waals surface area contributed by atoms with Gasteiger partial charge in [0.15, 0.2) is 5.79 Å². The fraction of sp³-hybridized carbons (Fsp3) is 0.955. The number of carbonyl (C=O) groups is 1. The maximum atomic E-state index is 11.8. The molecule has 0 aromatic carbocycles. The van der Waals surface area contributed by atoms with Crippen LogP contribution in [0.25, 0.3) is 0 Å². The zero-order valence-electron chi connectivity index (χ0n) is 18.9. The molecule has 1 aliphatic heterocycles. The van der Waals surface area contributed by atoms with Crippen molar-refractivity contribution in [1.29, 1.82) is 0 Å². The Labute approximate surface area is 183 Å². The maximum Gasteiger partial charge on any atom is 0.305 e. The van der Waals surface area contributed by atoms with Crippen LogP contribution in [0.3, 0.4) is 0 Å². The average molecular weight is 451 g/mol. The second kappa shape index (κ2) is 15.2. The molecule has 0 bridgehead atoms. The summed E-state index contributed by atoms with van der Waals surface area (Å²) in [5, 5.41) is 0. The third-order valence-corrected chi connectivity index (χ3v) is 6.25. The molecule has 1 heterocycles. The average Bonchev–Trinajstić information content (AvgIpc) is 3.08. The van der Waals surface area contributed by atoms with Gasteiger partial charge in [-0.3, -0.25) is 9.35 Å². The lowest BCUT2D eigenvalue weighted by molar-refractivity contribution is -0.186. The summed E-state index contributed by atoms with van der Waals surface area (Å²) in [6.45, 7) is 4.92. The van der Waals surface area contributed by atoms with Crippen molar-refractivity contribution in [2.75, 3.05) is 19.0 Å². The molecule has 0 aromatic rings. The van der Waals surface area contributed by atoms with E-state index in [4.69, 9.17) is 18.8 Å². The largest absolute Gasteiger partial charge is 0.463 e. The van der Waals surface area contributed by atoms with Crippen LogP contribution in [0.2, 0.25) is 0 Å². The zero-order chi connectivity index (χ0) is 22.3. The van der Waals surface area contributed by atoms with Crippen molar-refractivity contribution in [3.63, 3.8) is 0 Å². The van der Waals surface area contributed by atoms with Crippen LogP contribution in [-0.2, 0) is 29.1 Å². The first-order valence-corrected chi connectivity index (χ1v) is 13.3. The molecule has 30 heavy (non-hydrogen) atoms. The van der Waals surface area contributed by atoms with E-state index in [2.05, 4.69) is 13.8 Å². The van der Waals surface area contributed by atoms with Crippen molar-refractivity contribution in [3.8, 4) is 0 Å². The molecule has 1 unspecified atom stereocenters. The molecular formula is C22H42O7S. The highest BCUT2D eigenvalue weighted by molar-refractivity contribution is 7.85. The summed E-state index contributed by atoms with van der Waals surface area (Å²) in [4.78, 5) is 11.8. The highest BCUT2D eigenvalue weighted by Gasteiger charge is 2.40. The monoisotopic (exact) mass is 450 g/mol. The minimum Gasteiger partial charge on any atom is -0.463 e. The van der Waals surface area contributed by atoms with Crippen LogP contribution in [0.15, 0.2) is 0 Å². The molecule has 1 atom stereocenters. The van der Waals surface area contributed by atoms with Gasteiger partial charge in [0, 0.05) is 19.3 Å². The van der Waals surface area contributed by atoms with Crippen molar-refractivity contribution in [2.24, 2.45) is 0 Å². The van der Waals surface area contributed by atoms with E-state index < -0.39 is 27.6 Å². The summed E-state index contributed by atoms with van der Waals surface area (Å²) in [7, 11) is -4.05. The molecule has 178 valence electrons. The lowest BCUT2D eigenvalue weighted by atomic mass is 9.99. The second-order valence-corrected chi connectivity index (χ2v) is 9.93. The van der Waals surface area contributed by atoms with Gasteiger partial charge in [0.1, 0.15) is 12.7 Å². The number of esters is 1. The first kappa shape index (κ1) is 27.3. The topological polar surface area (TPSA) is 99.1 Å². The summed E-state index contributed by atoms with van der Waals surface area (Å²) in [5.74, 6) is -1.50. The summed E-state index contributed by atoms with van der Waals surface area (Å²) in [6.07, 6.45) is 13.3. The van der Waals surface area contributed by atoms with Crippen LogP contribution >= 0.6 is 0 Å². The van der Waals surface area contributed by atoms with Gasteiger partial charge in [-0.1, -0.05) is 65.2 Å². The van der Waals surface area contributed by atoms with Gasteiger partial charge in [-0.15, -0.1) is 0 Å². The van der Waals surface area contributed by atoms with E-state index in [1.54, 1.807) is 0 Å². The molecule has 1 fully saturated rings. The lowest BCUT2D eigenvalue weighted by Crippen LogP contribution is -2.32. The van der Waals surface area contributed by atoms with Crippen LogP contribution in [0.4, 0.5) is 0 Å². The SMILES string of the molecule is CCCCCCCC1(CCCCCCC)OCC(COC(=O)CCCS(=O)(=O)O)O1. The minimum absolute atomic E-state index is 0.0408. The Morgan fingerprint density at radius 3 is 2.07 bits per heavy atom. The fourth-order valence-electron chi connectivity index (χ4n) is 3.74. The molecule has 8 heteroatoms. The van der Waals surface area contributed by atoms with Gasteiger partial charge in [-0.2, -0.15) is 8.42 Å². The normalized spacial score (nSPS) is 18.6. The maximum absolute atomic E-state index is 11.8. The molecule has 0 radical (unpaired) electrons. The van der Waals surface area contributed by atoms with Crippen molar-refractivity contribution in [2.45, 2.75) is 116 Å². The zero-order valence-corrected chi connectivity index (χ0v) is 19.7. The molecule has 1 aliphatic rings. The summed E-state index contributed by atoms with van der Waals surface area (Å²) < 4.78 is 47.7. The van der Waals surface area contributed by atoms with Crippen LogP contribution in [0.1, 0.15) is 104 Å². The standard InChI is InChI=1S/C22H42O7S/c1-3-5-7-9-11-15-22(16-12-10-8-6-4-2)28-19-20(29-22)18-27-21(23)14-13-17-30(24,25)26/h20H,3-19H2,1-2H3,(H,24,25,26). The summed E-state index contributed by atoms with van der Waals surface area (Å²) in [5.41, 5.74) is 0. The summed E-state index contributed by atoms with van der Waals surface area (Å²) >= 11 is 0.